The van der Waals surface area contributed by atoms with Crippen LogP contribution in [0.25, 0.3) is 11.4 Å². The van der Waals surface area contributed by atoms with Gasteiger partial charge < -0.3 is 4.52 Å². The van der Waals surface area contributed by atoms with Crippen molar-refractivity contribution in [1.82, 2.24) is 14.4 Å². The Balaban J connectivity index is 1.44. The third-order valence-electron chi connectivity index (χ3n) is 5.21. The summed E-state index contributed by atoms with van der Waals surface area (Å²) in [4.78, 5) is 4.89. The average Bonchev–Trinajstić information content (AvgIpc) is 3.19. The summed E-state index contributed by atoms with van der Waals surface area (Å²) in [6, 6.07) is 15.0. The SMILES string of the molecule is Cc1ccc(-c2noc(C3CCN(S(=O)(=O)c4ccc(C)cc4)CC3)n2)cc1. The van der Waals surface area contributed by atoms with E-state index in [9.17, 15) is 8.42 Å². The number of benzene rings is 2. The number of piperidine rings is 1. The van der Waals surface area contributed by atoms with Crippen LogP contribution in [-0.2, 0) is 10.0 Å². The van der Waals surface area contributed by atoms with Crippen molar-refractivity contribution in [3.05, 3.63) is 65.5 Å². The molecule has 2 aromatic carbocycles. The molecular weight excluding hydrogens is 374 g/mol. The van der Waals surface area contributed by atoms with Crippen molar-refractivity contribution in [3.8, 4) is 11.4 Å². The van der Waals surface area contributed by atoms with Gasteiger partial charge in [0.2, 0.25) is 21.7 Å². The first kappa shape index (κ1) is 18.8. The minimum Gasteiger partial charge on any atom is -0.339 e. The highest BCUT2D eigenvalue weighted by Gasteiger charge is 2.32. The van der Waals surface area contributed by atoms with Crippen molar-refractivity contribution < 1.29 is 12.9 Å². The third kappa shape index (κ3) is 3.72. The summed E-state index contributed by atoms with van der Waals surface area (Å²) < 4.78 is 32.7. The molecule has 4 rings (SSSR count). The molecule has 2 heterocycles. The molecule has 1 aliphatic heterocycles. The summed E-state index contributed by atoms with van der Waals surface area (Å²) in [5.74, 6) is 1.24. The fourth-order valence-corrected chi connectivity index (χ4v) is 4.89. The second-order valence-corrected chi connectivity index (χ2v) is 9.25. The van der Waals surface area contributed by atoms with Gasteiger partial charge in [0.05, 0.1) is 4.90 Å². The van der Waals surface area contributed by atoms with Crippen molar-refractivity contribution in [2.24, 2.45) is 0 Å². The summed E-state index contributed by atoms with van der Waals surface area (Å²) in [6.07, 6.45) is 1.33. The molecular formula is C21H23N3O3S. The first-order chi connectivity index (χ1) is 13.4. The van der Waals surface area contributed by atoms with Gasteiger partial charge in [-0.1, -0.05) is 52.7 Å². The van der Waals surface area contributed by atoms with Crippen LogP contribution in [0.5, 0.6) is 0 Å². The molecule has 1 aromatic heterocycles. The van der Waals surface area contributed by atoms with Crippen LogP contribution in [0.4, 0.5) is 0 Å². The Labute approximate surface area is 165 Å². The van der Waals surface area contributed by atoms with Gasteiger partial charge in [-0.05, 0) is 38.8 Å². The Hall–Kier alpha value is -2.51. The van der Waals surface area contributed by atoms with Gasteiger partial charge in [0.25, 0.3) is 0 Å². The molecule has 0 spiro atoms. The highest BCUT2D eigenvalue weighted by atomic mass is 32.2. The van der Waals surface area contributed by atoms with Gasteiger partial charge in [-0.15, -0.1) is 0 Å². The summed E-state index contributed by atoms with van der Waals surface area (Å²) in [5, 5.41) is 4.10. The van der Waals surface area contributed by atoms with E-state index in [1.165, 1.54) is 5.56 Å². The van der Waals surface area contributed by atoms with E-state index in [1.54, 1.807) is 16.4 Å². The maximum absolute atomic E-state index is 12.8. The van der Waals surface area contributed by atoms with Gasteiger partial charge in [-0.3, -0.25) is 0 Å². The van der Waals surface area contributed by atoms with Gasteiger partial charge in [-0.25, -0.2) is 8.42 Å². The first-order valence-corrected chi connectivity index (χ1v) is 10.8. The van der Waals surface area contributed by atoms with E-state index < -0.39 is 10.0 Å². The van der Waals surface area contributed by atoms with Crippen LogP contribution in [0.3, 0.4) is 0 Å². The van der Waals surface area contributed by atoms with E-state index in [0.29, 0.717) is 42.5 Å². The van der Waals surface area contributed by atoms with Crippen molar-refractivity contribution in [3.63, 3.8) is 0 Å². The Morgan fingerprint density at radius 2 is 1.50 bits per heavy atom. The highest BCUT2D eigenvalue weighted by molar-refractivity contribution is 7.89. The van der Waals surface area contributed by atoms with Crippen LogP contribution >= 0.6 is 0 Å². The molecule has 146 valence electrons. The fourth-order valence-electron chi connectivity index (χ4n) is 3.42. The maximum Gasteiger partial charge on any atom is 0.243 e. The molecule has 0 N–H and O–H groups in total. The van der Waals surface area contributed by atoms with Crippen LogP contribution in [-0.4, -0.2) is 36.0 Å². The van der Waals surface area contributed by atoms with Gasteiger partial charge in [0.15, 0.2) is 0 Å². The minimum atomic E-state index is -3.46. The summed E-state index contributed by atoms with van der Waals surface area (Å²) in [6.45, 7) is 4.87. The van der Waals surface area contributed by atoms with Crippen LogP contribution in [0, 0.1) is 13.8 Å². The Kier molecular flexibility index (Phi) is 5.03. The van der Waals surface area contributed by atoms with E-state index in [-0.39, 0.29) is 5.92 Å². The van der Waals surface area contributed by atoms with E-state index in [1.807, 2.05) is 50.2 Å². The zero-order valence-electron chi connectivity index (χ0n) is 16.0. The van der Waals surface area contributed by atoms with Crippen molar-refractivity contribution in [2.45, 2.75) is 37.5 Å². The van der Waals surface area contributed by atoms with Crippen LogP contribution in [0.1, 0.15) is 35.8 Å². The largest absolute Gasteiger partial charge is 0.339 e. The molecule has 1 fully saturated rings. The molecule has 0 radical (unpaired) electrons. The quantitative estimate of drug-likeness (QED) is 0.667. The highest BCUT2D eigenvalue weighted by Crippen LogP contribution is 2.31. The molecule has 0 unspecified atom stereocenters. The summed E-state index contributed by atoms with van der Waals surface area (Å²) >= 11 is 0. The average molecular weight is 398 g/mol. The zero-order chi connectivity index (χ0) is 19.7. The lowest BCUT2D eigenvalue weighted by Crippen LogP contribution is -2.37. The lowest BCUT2D eigenvalue weighted by molar-refractivity contribution is 0.271. The normalized spacial score (nSPS) is 16.4. The predicted octanol–water partition coefficient (Wildman–Crippen LogP) is 3.92. The predicted molar refractivity (Wildman–Crippen MR) is 106 cm³/mol. The lowest BCUT2D eigenvalue weighted by atomic mass is 9.98. The Bertz CT molecular complexity index is 1050. The second-order valence-electron chi connectivity index (χ2n) is 7.31. The van der Waals surface area contributed by atoms with E-state index in [0.717, 1.165) is 11.1 Å². The number of hydrogen-bond donors (Lipinski definition) is 0. The second kappa shape index (κ2) is 7.48. The molecule has 1 saturated heterocycles. The van der Waals surface area contributed by atoms with Crippen molar-refractivity contribution in [1.29, 1.82) is 0 Å². The number of aryl methyl sites for hydroxylation is 2. The van der Waals surface area contributed by atoms with Gasteiger partial charge in [-0.2, -0.15) is 9.29 Å². The lowest BCUT2D eigenvalue weighted by Gasteiger charge is -2.29. The van der Waals surface area contributed by atoms with Crippen LogP contribution in [0.2, 0.25) is 0 Å². The number of nitrogens with zero attached hydrogens (tertiary/aromatic N) is 3. The summed E-state index contributed by atoms with van der Waals surface area (Å²) in [5.41, 5.74) is 3.13. The fraction of sp³-hybridized carbons (Fsp3) is 0.333. The van der Waals surface area contributed by atoms with Gasteiger partial charge in [0.1, 0.15) is 0 Å². The van der Waals surface area contributed by atoms with Crippen LogP contribution in [0.15, 0.2) is 57.9 Å². The minimum absolute atomic E-state index is 0.0798. The van der Waals surface area contributed by atoms with E-state index in [4.69, 9.17) is 4.52 Å². The summed E-state index contributed by atoms with van der Waals surface area (Å²) in [7, 11) is -3.46. The van der Waals surface area contributed by atoms with Gasteiger partial charge >= 0.3 is 0 Å². The van der Waals surface area contributed by atoms with Gasteiger partial charge in [0, 0.05) is 24.6 Å². The molecule has 7 heteroatoms. The monoisotopic (exact) mass is 397 g/mol. The molecule has 0 saturated carbocycles. The first-order valence-electron chi connectivity index (χ1n) is 9.41. The molecule has 0 bridgehead atoms. The van der Waals surface area contributed by atoms with E-state index >= 15 is 0 Å². The molecule has 1 aliphatic rings. The topological polar surface area (TPSA) is 76.3 Å². The Morgan fingerprint density at radius 1 is 0.929 bits per heavy atom. The smallest absolute Gasteiger partial charge is 0.243 e. The number of aromatic nitrogens is 2. The third-order valence-corrected chi connectivity index (χ3v) is 7.13. The molecule has 3 aromatic rings. The standard InChI is InChI=1S/C21H23N3O3S/c1-15-3-7-17(8-4-15)20-22-21(27-23-20)18-11-13-24(14-12-18)28(25,26)19-9-5-16(2)6-10-19/h3-10,18H,11-14H2,1-2H3. The molecule has 28 heavy (non-hydrogen) atoms. The van der Waals surface area contributed by atoms with Crippen molar-refractivity contribution >= 4 is 10.0 Å². The maximum atomic E-state index is 12.8. The molecule has 0 atom stereocenters. The van der Waals surface area contributed by atoms with Crippen molar-refractivity contribution in [2.75, 3.05) is 13.1 Å². The zero-order valence-corrected chi connectivity index (χ0v) is 16.8. The Morgan fingerprint density at radius 3 is 2.11 bits per heavy atom. The number of sulfonamides is 1. The number of hydrogen-bond acceptors (Lipinski definition) is 5. The van der Waals surface area contributed by atoms with E-state index in [2.05, 4.69) is 10.1 Å². The molecule has 0 aliphatic carbocycles. The van der Waals surface area contributed by atoms with Crippen LogP contribution < -0.4 is 0 Å². The molecule has 0 amide bonds. The number of rotatable bonds is 4. The molecule has 6 nitrogen and oxygen atoms in total.